The second-order valence-electron chi connectivity index (χ2n) is 10.2. The minimum atomic E-state index is -0.157. The number of ether oxygens (including phenoxy) is 1. The van der Waals surface area contributed by atoms with Gasteiger partial charge >= 0.3 is 5.97 Å². The normalized spacial score (nSPS) is 11.9. The lowest BCUT2D eigenvalue weighted by Gasteiger charge is -2.11. The van der Waals surface area contributed by atoms with E-state index in [1.54, 1.807) is 0 Å². The lowest BCUT2D eigenvalue weighted by molar-refractivity contribution is -0.138. The molecule has 2 aromatic carbocycles. The zero-order valence-corrected chi connectivity index (χ0v) is 23.0. The molecule has 0 fully saturated rings. The van der Waals surface area contributed by atoms with Crippen LogP contribution in [0.3, 0.4) is 0 Å². The van der Waals surface area contributed by atoms with Crippen molar-refractivity contribution in [1.82, 2.24) is 9.97 Å². The number of rotatable bonds is 16. The lowest BCUT2D eigenvalue weighted by Crippen LogP contribution is -2.17. The van der Waals surface area contributed by atoms with Crippen molar-refractivity contribution < 1.29 is 9.53 Å². The maximum absolute atomic E-state index is 12.4. The van der Waals surface area contributed by atoms with Gasteiger partial charge < -0.3 is 4.74 Å². The van der Waals surface area contributed by atoms with E-state index in [4.69, 9.17) is 4.74 Å². The SMILES string of the molecule is CCCCCCCCc1ccc(-c2ncc(-c3ccc(OC(=O)C(C)CCCCCC)cc3)cn2)cc1. The van der Waals surface area contributed by atoms with Crippen molar-refractivity contribution in [2.24, 2.45) is 5.92 Å². The summed E-state index contributed by atoms with van der Waals surface area (Å²) in [6.45, 7) is 6.40. The van der Waals surface area contributed by atoms with Crippen LogP contribution < -0.4 is 4.74 Å². The highest BCUT2D eigenvalue weighted by Gasteiger charge is 2.15. The molecule has 0 bridgehead atoms. The first-order valence-corrected chi connectivity index (χ1v) is 14.3. The van der Waals surface area contributed by atoms with Crippen molar-refractivity contribution >= 4 is 5.97 Å². The molecule has 1 atom stereocenters. The van der Waals surface area contributed by atoms with Gasteiger partial charge in [0.15, 0.2) is 5.82 Å². The Labute approximate surface area is 223 Å². The van der Waals surface area contributed by atoms with E-state index in [0.29, 0.717) is 5.75 Å². The molecule has 0 amide bonds. The van der Waals surface area contributed by atoms with Crippen molar-refractivity contribution in [3.8, 4) is 28.3 Å². The number of benzene rings is 2. The summed E-state index contributed by atoms with van der Waals surface area (Å²) in [5.74, 6) is 1.07. The van der Waals surface area contributed by atoms with Crippen LogP contribution in [0.25, 0.3) is 22.5 Å². The van der Waals surface area contributed by atoms with Crippen LogP contribution in [0, 0.1) is 5.92 Å². The Hall–Kier alpha value is -3.01. The topological polar surface area (TPSA) is 52.1 Å². The van der Waals surface area contributed by atoms with Gasteiger partial charge in [0.25, 0.3) is 0 Å². The molecular weight excluding hydrogens is 456 g/mol. The maximum atomic E-state index is 12.4. The number of unbranched alkanes of at least 4 members (excludes halogenated alkanes) is 8. The maximum Gasteiger partial charge on any atom is 0.314 e. The third kappa shape index (κ3) is 9.76. The average molecular weight is 501 g/mol. The highest BCUT2D eigenvalue weighted by molar-refractivity contribution is 5.75. The summed E-state index contributed by atoms with van der Waals surface area (Å²) in [4.78, 5) is 21.6. The van der Waals surface area contributed by atoms with Gasteiger partial charge in [-0.3, -0.25) is 4.79 Å². The molecule has 0 N–H and O–H groups in total. The second kappa shape index (κ2) is 16.0. The van der Waals surface area contributed by atoms with E-state index < -0.39 is 0 Å². The Bertz CT molecular complexity index is 1040. The average Bonchev–Trinajstić information content (AvgIpc) is 2.94. The first-order valence-electron chi connectivity index (χ1n) is 14.3. The Morgan fingerprint density at radius 1 is 0.703 bits per heavy atom. The Kier molecular flexibility index (Phi) is 12.3. The van der Waals surface area contributed by atoms with E-state index in [2.05, 4.69) is 48.1 Å². The van der Waals surface area contributed by atoms with E-state index in [0.717, 1.165) is 41.8 Å². The van der Waals surface area contributed by atoms with Crippen molar-refractivity contribution in [2.45, 2.75) is 97.8 Å². The second-order valence-corrected chi connectivity index (χ2v) is 10.2. The quantitative estimate of drug-likeness (QED) is 0.112. The van der Waals surface area contributed by atoms with Gasteiger partial charge in [-0.05, 0) is 42.5 Å². The molecule has 0 saturated heterocycles. The fourth-order valence-electron chi connectivity index (χ4n) is 4.48. The third-order valence-electron chi connectivity index (χ3n) is 6.98. The van der Waals surface area contributed by atoms with Gasteiger partial charge in [0, 0.05) is 23.5 Å². The molecule has 1 heterocycles. The zero-order chi connectivity index (χ0) is 26.3. The number of carbonyl (C=O) groups excluding carboxylic acids is 1. The zero-order valence-electron chi connectivity index (χ0n) is 23.0. The van der Waals surface area contributed by atoms with Crippen LogP contribution >= 0.6 is 0 Å². The van der Waals surface area contributed by atoms with Gasteiger partial charge in [-0.25, -0.2) is 9.97 Å². The van der Waals surface area contributed by atoms with E-state index in [-0.39, 0.29) is 11.9 Å². The van der Waals surface area contributed by atoms with Crippen molar-refractivity contribution in [2.75, 3.05) is 0 Å². The van der Waals surface area contributed by atoms with Crippen LogP contribution in [0.1, 0.15) is 97.0 Å². The van der Waals surface area contributed by atoms with Gasteiger partial charge in [-0.2, -0.15) is 0 Å². The minimum absolute atomic E-state index is 0.0814. The molecule has 3 aromatic rings. The summed E-state index contributed by atoms with van der Waals surface area (Å²) >= 11 is 0. The number of hydrogen-bond donors (Lipinski definition) is 0. The smallest absolute Gasteiger partial charge is 0.314 e. The third-order valence-corrected chi connectivity index (χ3v) is 6.98. The minimum Gasteiger partial charge on any atom is -0.426 e. The molecule has 0 saturated carbocycles. The molecule has 3 rings (SSSR count). The molecular formula is C33H44N2O2. The molecule has 0 aliphatic carbocycles. The van der Waals surface area contributed by atoms with Crippen molar-refractivity contribution in [3.63, 3.8) is 0 Å². The van der Waals surface area contributed by atoms with Crippen molar-refractivity contribution in [3.05, 3.63) is 66.5 Å². The molecule has 0 aliphatic rings. The monoisotopic (exact) mass is 500 g/mol. The Morgan fingerprint density at radius 3 is 1.92 bits per heavy atom. The summed E-state index contributed by atoms with van der Waals surface area (Å²) in [5.41, 5.74) is 4.34. The summed E-state index contributed by atoms with van der Waals surface area (Å²) in [7, 11) is 0. The summed E-state index contributed by atoms with van der Waals surface area (Å²) in [5, 5.41) is 0. The van der Waals surface area contributed by atoms with Gasteiger partial charge in [0.1, 0.15) is 5.75 Å². The standard InChI is InChI=1S/C33H44N2O2/c1-4-6-8-10-11-13-15-27-16-18-29(19-17-27)32-34-24-30(25-35-32)28-20-22-31(23-21-28)37-33(36)26(3)14-12-9-7-5-2/h16-26H,4-15H2,1-3H3. The molecule has 0 aliphatic heterocycles. The molecule has 1 aromatic heterocycles. The van der Waals surface area contributed by atoms with Gasteiger partial charge in [0.2, 0.25) is 0 Å². The summed E-state index contributed by atoms with van der Waals surface area (Å²) in [6, 6.07) is 16.2. The van der Waals surface area contributed by atoms with Crippen LogP contribution in [0.5, 0.6) is 5.75 Å². The van der Waals surface area contributed by atoms with E-state index in [9.17, 15) is 4.79 Å². The first-order chi connectivity index (χ1) is 18.1. The van der Waals surface area contributed by atoms with Gasteiger partial charge in [-0.1, -0.05) is 115 Å². The predicted octanol–water partition coefficient (Wildman–Crippen LogP) is 9.23. The highest BCUT2D eigenvalue weighted by Crippen LogP contribution is 2.24. The van der Waals surface area contributed by atoms with Crippen LogP contribution in [-0.2, 0) is 11.2 Å². The van der Waals surface area contributed by atoms with Crippen LogP contribution in [0.4, 0.5) is 0 Å². The van der Waals surface area contributed by atoms with Crippen LogP contribution in [0.15, 0.2) is 60.9 Å². The highest BCUT2D eigenvalue weighted by atomic mass is 16.5. The van der Waals surface area contributed by atoms with Gasteiger partial charge in [0.05, 0.1) is 5.92 Å². The summed E-state index contributed by atoms with van der Waals surface area (Å²) < 4.78 is 5.59. The van der Waals surface area contributed by atoms with E-state index in [1.807, 2.05) is 43.6 Å². The van der Waals surface area contributed by atoms with Crippen molar-refractivity contribution in [1.29, 1.82) is 0 Å². The summed E-state index contributed by atoms with van der Waals surface area (Å²) in [6.07, 6.45) is 18.3. The van der Waals surface area contributed by atoms with Crippen LogP contribution in [-0.4, -0.2) is 15.9 Å². The Morgan fingerprint density at radius 2 is 1.27 bits per heavy atom. The predicted molar refractivity (Wildman–Crippen MR) is 154 cm³/mol. The number of aryl methyl sites for hydroxylation is 1. The number of aromatic nitrogens is 2. The van der Waals surface area contributed by atoms with Gasteiger partial charge in [-0.15, -0.1) is 0 Å². The first kappa shape index (κ1) is 28.6. The molecule has 0 radical (unpaired) electrons. The number of hydrogen-bond acceptors (Lipinski definition) is 4. The molecule has 1 unspecified atom stereocenters. The fourth-order valence-corrected chi connectivity index (χ4v) is 4.48. The molecule has 4 heteroatoms. The van der Waals surface area contributed by atoms with Crippen LogP contribution in [0.2, 0.25) is 0 Å². The number of esters is 1. The fraction of sp³-hybridized carbons (Fsp3) is 0.485. The van der Waals surface area contributed by atoms with E-state index in [1.165, 1.54) is 63.4 Å². The number of carbonyl (C=O) groups is 1. The number of nitrogens with zero attached hydrogens (tertiary/aromatic N) is 2. The Balaban J connectivity index is 1.49. The molecule has 37 heavy (non-hydrogen) atoms. The molecule has 4 nitrogen and oxygen atoms in total. The lowest BCUT2D eigenvalue weighted by atomic mass is 10.0. The van der Waals surface area contributed by atoms with E-state index >= 15 is 0 Å². The largest absolute Gasteiger partial charge is 0.426 e. The molecule has 0 spiro atoms. The molecule has 198 valence electrons.